The van der Waals surface area contributed by atoms with Gasteiger partial charge in [-0.3, -0.25) is 4.99 Å². The van der Waals surface area contributed by atoms with Gasteiger partial charge < -0.3 is 5.11 Å². The number of hydrogen-bond acceptors (Lipinski definition) is 2. The second kappa shape index (κ2) is 4.58. The molecule has 2 rings (SSSR count). The highest BCUT2D eigenvalue weighted by Gasteiger charge is 2.23. The molecule has 1 aromatic carbocycles. The van der Waals surface area contributed by atoms with Crippen molar-refractivity contribution in [1.82, 2.24) is 0 Å². The first-order valence-corrected chi connectivity index (χ1v) is 5.56. The zero-order valence-electron chi connectivity index (χ0n) is 9.11. The fraction of sp³-hybridized carbons (Fsp3) is 0.462. The van der Waals surface area contributed by atoms with Crippen LogP contribution >= 0.6 is 0 Å². The van der Waals surface area contributed by atoms with Crippen molar-refractivity contribution in [2.75, 3.05) is 13.2 Å². The SMILES string of the molecule is CC1Cc2ccccc2/C1=N/CCCO. The van der Waals surface area contributed by atoms with Crippen LogP contribution in [-0.4, -0.2) is 24.0 Å². The highest BCUT2D eigenvalue weighted by atomic mass is 16.3. The molecule has 1 aromatic rings. The molecule has 0 bridgehead atoms. The lowest BCUT2D eigenvalue weighted by atomic mass is 10.1. The fourth-order valence-corrected chi connectivity index (χ4v) is 2.15. The molecular formula is C13H17NO. The maximum Gasteiger partial charge on any atom is 0.0454 e. The topological polar surface area (TPSA) is 32.6 Å². The Morgan fingerprint density at radius 3 is 3.00 bits per heavy atom. The van der Waals surface area contributed by atoms with Gasteiger partial charge in [0.2, 0.25) is 0 Å². The highest BCUT2D eigenvalue weighted by Crippen LogP contribution is 2.26. The Balaban J connectivity index is 2.22. The lowest BCUT2D eigenvalue weighted by molar-refractivity contribution is 0.291. The van der Waals surface area contributed by atoms with E-state index in [9.17, 15) is 0 Å². The highest BCUT2D eigenvalue weighted by molar-refractivity contribution is 6.06. The van der Waals surface area contributed by atoms with Crippen molar-refractivity contribution in [3.05, 3.63) is 35.4 Å². The van der Waals surface area contributed by atoms with E-state index in [2.05, 4.69) is 36.2 Å². The molecule has 1 unspecified atom stereocenters. The van der Waals surface area contributed by atoms with Crippen LogP contribution in [-0.2, 0) is 6.42 Å². The van der Waals surface area contributed by atoms with Gasteiger partial charge in [0.25, 0.3) is 0 Å². The first-order chi connectivity index (χ1) is 7.33. The average molecular weight is 203 g/mol. The third-order valence-corrected chi connectivity index (χ3v) is 2.88. The minimum Gasteiger partial charge on any atom is -0.396 e. The maximum absolute atomic E-state index is 8.73. The van der Waals surface area contributed by atoms with Crippen molar-refractivity contribution in [2.45, 2.75) is 19.8 Å². The average Bonchev–Trinajstić information content (AvgIpc) is 2.56. The van der Waals surface area contributed by atoms with Crippen molar-refractivity contribution >= 4 is 5.71 Å². The summed E-state index contributed by atoms with van der Waals surface area (Å²) >= 11 is 0. The summed E-state index contributed by atoms with van der Waals surface area (Å²) < 4.78 is 0. The molecule has 2 nitrogen and oxygen atoms in total. The van der Waals surface area contributed by atoms with Gasteiger partial charge in [0.1, 0.15) is 0 Å². The molecule has 0 aromatic heterocycles. The van der Waals surface area contributed by atoms with Crippen molar-refractivity contribution in [3.8, 4) is 0 Å². The molecule has 0 radical (unpaired) electrons. The lowest BCUT2D eigenvalue weighted by Gasteiger charge is -2.04. The van der Waals surface area contributed by atoms with Crippen LogP contribution in [0.2, 0.25) is 0 Å². The smallest absolute Gasteiger partial charge is 0.0454 e. The van der Waals surface area contributed by atoms with Gasteiger partial charge in [0.15, 0.2) is 0 Å². The Morgan fingerprint density at radius 2 is 2.20 bits per heavy atom. The zero-order chi connectivity index (χ0) is 10.7. The second-order valence-corrected chi connectivity index (χ2v) is 4.11. The maximum atomic E-state index is 8.73. The summed E-state index contributed by atoms with van der Waals surface area (Å²) in [7, 11) is 0. The Hall–Kier alpha value is -1.15. The van der Waals surface area contributed by atoms with Crippen LogP contribution in [0.25, 0.3) is 0 Å². The summed E-state index contributed by atoms with van der Waals surface area (Å²) in [6, 6.07) is 8.48. The molecule has 80 valence electrons. The molecule has 1 aliphatic carbocycles. The van der Waals surface area contributed by atoms with Gasteiger partial charge in [-0.05, 0) is 24.0 Å². The van der Waals surface area contributed by atoms with Crippen LogP contribution in [0.5, 0.6) is 0 Å². The van der Waals surface area contributed by atoms with E-state index >= 15 is 0 Å². The molecule has 1 atom stereocenters. The minimum atomic E-state index is 0.229. The lowest BCUT2D eigenvalue weighted by Crippen LogP contribution is -2.07. The van der Waals surface area contributed by atoms with Gasteiger partial charge in [-0.1, -0.05) is 31.2 Å². The molecule has 2 heteroatoms. The Kier molecular flexibility index (Phi) is 3.17. The van der Waals surface area contributed by atoms with Crippen LogP contribution in [0.3, 0.4) is 0 Å². The molecule has 0 saturated heterocycles. The molecule has 1 N–H and O–H groups in total. The Labute approximate surface area is 90.7 Å². The molecule has 0 aliphatic heterocycles. The predicted molar refractivity (Wildman–Crippen MR) is 62.4 cm³/mol. The standard InChI is InChI=1S/C13H17NO/c1-10-9-11-5-2-3-6-12(11)13(10)14-7-4-8-15/h2-3,5-6,10,15H,4,7-9H2,1H3/b14-13+. The zero-order valence-corrected chi connectivity index (χ0v) is 9.11. The van der Waals surface area contributed by atoms with Crippen LogP contribution in [0.15, 0.2) is 29.3 Å². The monoisotopic (exact) mass is 203 g/mol. The number of benzene rings is 1. The van der Waals surface area contributed by atoms with Crippen molar-refractivity contribution in [3.63, 3.8) is 0 Å². The van der Waals surface area contributed by atoms with E-state index in [0.29, 0.717) is 5.92 Å². The Bertz CT molecular complexity index is 371. The van der Waals surface area contributed by atoms with Gasteiger partial charge in [-0.25, -0.2) is 0 Å². The van der Waals surface area contributed by atoms with E-state index < -0.39 is 0 Å². The van der Waals surface area contributed by atoms with Gasteiger partial charge in [-0.15, -0.1) is 0 Å². The molecule has 0 amide bonds. The van der Waals surface area contributed by atoms with E-state index in [1.54, 1.807) is 0 Å². The molecule has 15 heavy (non-hydrogen) atoms. The van der Waals surface area contributed by atoms with Gasteiger partial charge in [0, 0.05) is 24.8 Å². The van der Waals surface area contributed by atoms with Crippen molar-refractivity contribution < 1.29 is 5.11 Å². The van der Waals surface area contributed by atoms with E-state index in [1.807, 2.05) is 0 Å². The van der Waals surface area contributed by atoms with Gasteiger partial charge >= 0.3 is 0 Å². The molecule has 0 fully saturated rings. The first-order valence-electron chi connectivity index (χ1n) is 5.56. The molecule has 1 aliphatic rings. The molecular weight excluding hydrogens is 186 g/mol. The fourth-order valence-electron chi connectivity index (χ4n) is 2.15. The summed E-state index contributed by atoms with van der Waals surface area (Å²) in [6.07, 6.45) is 1.87. The van der Waals surface area contributed by atoms with Crippen LogP contribution in [0, 0.1) is 5.92 Å². The summed E-state index contributed by atoms with van der Waals surface area (Å²) in [6.45, 7) is 3.19. The molecule has 0 heterocycles. The van der Waals surface area contributed by atoms with Crippen LogP contribution in [0.4, 0.5) is 0 Å². The quantitative estimate of drug-likeness (QED) is 0.749. The van der Waals surface area contributed by atoms with E-state index in [0.717, 1.165) is 19.4 Å². The number of rotatable bonds is 3. The predicted octanol–water partition coefficient (Wildman–Crippen LogP) is 2.05. The largest absolute Gasteiger partial charge is 0.396 e. The number of hydrogen-bond donors (Lipinski definition) is 1. The van der Waals surface area contributed by atoms with Gasteiger partial charge in [0.05, 0.1) is 0 Å². The number of aliphatic hydroxyl groups is 1. The summed E-state index contributed by atoms with van der Waals surface area (Å²) in [5.41, 5.74) is 3.94. The summed E-state index contributed by atoms with van der Waals surface area (Å²) in [5.74, 6) is 0.529. The third kappa shape index (κ3) is 2.10. The van der Waals surface area contributed by atoms with E-state index in [4.69, 9.17) is 5.11 Å². The minimum absolute atomic E-state index is 0.229. The third-order valence-electron chi connectivity index (χ3n) is 2.88. The van der Waals surface area contributed by atoms with Crippen LogP contribution < -0.4 is 0 Å². The number of nitrogens with zero attached hydrogens (tertiary/aromatic N) is 1. The van der Waals surface area contributed by atoms with E-state index in [-0.39, 0.29) is 6.61 Å². The van der Waals surface area contributed by atoms with Crippen molar-refractivity contribution in [2.24, 2.45) is 10.9 Å². The second-order valence-electron chi connectivity index (χ2n) is 4.11. The normalized spacial score (nSPS) is 22.0. The molecule has 0 spiro atoms. The van der Waals surface area contributed by atoms with Crippen molar-refractivity contribution in [1.29, 1.82) is 0 Å². The number of fused-ring (bicyclic) bond motifs is 1. The van der Waals surface area contributed by atoms with Crippen LogP contribution in [0.1, 0.15) is 24.5 Å². The van der Waals surface area contributed by atoms with E-state index in [1.165, 1.54) is 16.8 Å². The first kappa shape index (κ1) is 10.4. The number of aliphatic hydroxyl groups excluding tert-OH is 1. The number of aliphatic imine (C=N–C) groups is 1. The molecule has 0 saturated carbocycles. The Morgan fingerprint density at radius 1 is 1.40 bits per heavy atom. The summed E-state index contributed by atoms with van der Waals surface area (Å²) in [4.78, 5) is 4.59. The summed E-state index contributed by atoms with van der Waals surface area (Å²) in [5, 5.41) is 8.73. The van der Waals surface area contributed by atoms with Gasteiger partial charge in [-0.2, -0.15) is 0 Å².